The number of aromatic nitrogens is 1. The van der Waals surface area contributed by atoms with Crippen molar-refractivity contribution in [3.63, 3.8) is 0 Å². The zero-order chi connectivity index (χ0) is 17.1. The molecule has 1 aromatic carbocycles. The molecule has 0 fully saturated rings. The van der Waals surface area contributed by atoms with Crippen molar-refractivity contribution in [3.8, 4) is 11.5 Å². The topological polar surface area (TPSA) is 63.7 Å². The van der Waals surface area contributed by atoms with Gasteiger partial charge < -0.3 is 19.7 Å². The Labute approximate surface area is 141 Å². The van der Waals surface area contributed by atoms with Gasteiger partial charge in [-0.2, -0.15) is 0 Å². The lowest BCUT2D eigenvalue weighted by atomic mass is 9.97. The molecule has 1 amide bonds. The van der Waals surface area contributed by atoms with Crippen molar-refractivity contribution in [2.45, 2.75) is 13.0 Å². The van der Waals surface area contributed by atoms with E-state index in [0.29, 0.717) is 22.7 Å². The molecule has 0 saturated carbocycles. The van der Waals surface area contributed by atoms with Gasteiger partial charge in [0.05, 0.1) is 25.5 Å². The molecule has 1 aromatic heterocycles. The van der Waals surface area contributed by atoms with Crippen LogP contribution >= 0.6 is 0 Å². The molecule has 1 aliphatic heterocycles. The number of hydrogen-bond donors (Lipinski definition) is 1. The molecule has 6 heteroatoms. The molecule has 24 heavy (non-hydrogen) atoms. The monoisotopic (exact) mass is 327 g/mol. The molecule has 0 unspecified atom stereocenters. The zero-order valence-corrected chi connectivity index (χ0v) is 14.1. The summed E-state index contributed by atoms with van der Waals surface area (Å²) in [5.41, 5.74) is 3.42. The molecule has 6 nitrogen and oxygen atoms in total. The minimum Gasteiger partial charge on any atom is -0.497 e. The Morgan fingerprint density at radius 3 is 2.83 bits per heavy atom. The van der Waals surface area contributed by atoms with E-state index in [0.717, 1.165) is 30.6 Å². The number of nitrogens with zero attached hydrogens (tertiary/aromatic N) is 2. The summed E-state index contributed by atoms with van der Waals surface area (Å²) in [6, 6.07) is 5.29. The highest BCUT2D eigenvalue weighted by Crippen LogP contribution is 2.30. The van der Waals surface area contributed by atoms with E-state index < -0.39 is 0 Å². The van der Waals surface area contributed by atoms with Crippen LogP contribution in [0.5, 0.6) is 11.5 Å². The van der Waals surface area contributed by atoms with Crippen LogP contribution in [0.3, 0.4) is 0 Å². The van der Waals surface area contributed by atoms with E-state index in [1.54, 1.807) is 38.6 Å². The van der Waals surface area contributed by atoms with Crippen LogP contribution in [0.25, 0.3) is 0 Å². The first kappa shape index (κ1) is 16.3. The second-order valence-electron chi connectivity index (χ2n) is 5.83. The second kappa shape index (κ2) is 6.88. The van der Waals surface area contributed by atoms with Crippen molar-refractivity contribution in [1.82, 2.24) is 9.88 Å². The maximum atomic E-state index is 12.7. The summed E-state index contributed by atoms with van der Waals surface area (Å²) in [5, 5.41) is 2.92. The van der Waals surface area contributed by atoms with E-state index in [1.165, 1.54) is 0 Å². The minimum atomic E-state index is -0.174. The van der Waals surface area contributed by atoms with Gasteiger partial charge in [-0.3, -0.25) is 9.78 Å². The van der Waals surface area contributed by atoms with Crippen molar-refractivity contribution in [1.29, 1.82) is 0 Å². The summed E-state index contributed by atoms with van der Waals surface area (Å²) in [4.78, 5) is 19.2. The van der Waals surface area contributed by atoms with Crippen LogP contribution in [-0.2, 0) is 13.0 Å². The Kier molecular flexibility index (Phi) is 4.66. The van der Waals surface area contributed by atoms with E-state index >= 15 is 0 Å². The summed E-state index contributed by atoms with van der Waals surface area (Å²) < 4.78 is 10.5. The quantitative estimate of drug-likeness (QED) is 0.934. The minimum absolute atomic E-state index is 0.174. The largest absolute Gasteiger partial charge is 0.497 e. The van der Waals surface area contributed by atoms with Crippen molar-refractivity contribution in [3.05, 3.63) is 47.3 Å². The fourth-order valence-corrected chi connectivity index (χ4v) is 2.92. The Hall–Kier alpha value is -2.60. The molecular formula is C18H21N3O3. The van der Waals surface area contributed by atoms with Gasteiger partial charge in [-0.15, -0.1) is 0 Å². The van der Waals surface area contributed by atoms with Crippen molar-refractivity contribution in [2.24, 2.45) is 0 Å². The zero-order valence-electron chi connectivity index (χ0n) is 14.1. The number of likely N-dealkylation sites (N-methyl/N-ethyl adjacent to an activating group) is 1. The van der Waals surface area contributed by atoms with E-state index in [-0.39, 0.29) is 5.91 Å². The van der Waals surface area contributed by atoms with Gasteiger partial charge in [0.15, 0.2) is 0 Å². The maximum absolute atomic E-state index is 12.7. The van der Waals surface area contributed by atoms with Gasteiger partial charge >= 0.3 is 0 Å². The number of amides is 1. The van der Waals surface area contributed by atoms with Crippen LogP contribution in [0.2, 0.25) is 0 Å². The van der Waals surface area contributed by atoms with Crippen molar-refractivity contribution >= 4 is 11.6 Å². The first-order valence-corrected chi connectivity index (χ1v) is 7.80. The van der Waals surface area contributed by atoms with Gasteiger partial charge in [0.2, 0.25) is 0 Å². The molecule has 1 aliphatic rings. The summed E-state index contributed by atoms with van der Waals surface area (Å²) in [6.07, 6.45) is 4.32. The van der Waals surface area contributed by atoms with E-state index in [2.05, 4.69) is 22.2 Å². The van der Waals surface area contributed by atoms with Crippen molar-refractivity contribution < 1.29 is 14.3 Å². The fraction of sp³-hybridized carbons (Fsp3) is 0.333. The van der Waals surface area contributed by atoms with E-state index in [9.17, 15) is 4.79 Å². The third-order valence-corrected chi connectivity index (χ3v) is 4.23. The lowest BCUT2D eigenvalue weighted by Crippen LogP contribution is -2.29. The van der Waals surface area contributed by atoms with Crippen LogP contribution in [0.4, 0.5) is 5.69 Å². The first-order chi connectivity index (χ1) is 11.6. The molecule has 0 spiro atoms. The van der Waals surface area contributed by atoms with Gasteiger partial charge in [-0.05, 0) is 36.7 Å². The Balaban J connectivity index is 1.87. The highest BCUT2D eigenvalue weighted by atomic mass is 16.5. The standard InChI is InChI=1S/C18H21N3O3/c1-21-7-6-14-12(11-21)9-19-10-15(14)18(22)20-16-5-4-13(23-2)8-17(16)24-3/h4-5,8-10H,6-7,11H2,1-3H3,(H,20,22). The van der Waals surface area contributed by atoms with Gasteiger partial charge in [0, 0.05) is 31.5 Å². The molecule has 0 atom stereocenters. The number of hydrogen-bond acceptors (Lipinski definition) is 5. The van der Waals surface area contributed by atoms with Gasteiger partial charge in [0.1, 0.15) is 11.5 Å². The molecule has 0 radical (unpaired) electrons. The van der Waals surface area contributed by atoms with E-state index in [1.807, 2.05) is 6.20 Å². The molecule has 0 bridgehead atoms. The normalized spacial score (nSPS) is 14.0. The SMILES string of the molecule is COc1ccc(NC(=O)c2cncc3c2CCN(C)C3)c(OC)c1. The highest BCUT2D eigenvalue weighted by Gasteiger charge is 2.21. The van der Waals surface area contributed by atoms with Crippen LogP contribution in [0.1, 0.15) is 21.5 Å². The van der Waals surface area contributed by atoms with Crippen LogP contribution in [-0.4, -0.2) is 43.6 Å². The van der Waals surface area contributed by atoms with E-state index in [4.69, 9.17) is 9.47 Å². The van der Waals surface area contributed by atoms with Crippen LogP contribution in [0, 0.1) is 0 Å². The lowest BCUT2D eigenvalue weighted by molar-refractivity contribution is 0.102. The van der Waals surface area contributed by atoms with Crippen LogP contribution in [0.15, 0.2) is 30.6 Å². The predicted octanol–water partition coefficient (Wildman–Crippen LogP) is 2.34. The molecule has 126 valence electrons. The Bertz CT molecular complexity index is 761. The predicted molar refractivity (Wildman–Crippen MR) is 91.8 cm³/mol. The average molecular weight is 327 g/mol. The smallest absolute Gasteiger partial charge is 0.257 e. The molecule has 0 saturated heterocycles. The number of anilines is 1. The number of carbonyl (C=O) groups is 1. The fourth-order valence-electron chi connectivity index (χ4n) is 2.92. The Morgan fingerprint density at radius 1 is 1.25 bits per heavy atom. The maximum Gasteiger partial charge on any atom is 0.257 e. The van der Waals surface area contributed by atoms with Gasteiger partial charge in [-0.1, -0.05) is 0 Å². The molecular weight excluding hydrogens is 306 g/mol. The summed E-state index contributed by atoms with van der Waals surface area (Å²) in [6.45, 7) is 1.75. The average Bonchev–Trinajstić information content (AvgIpc) is 2.61. The number of nitrogens with one attached hydrogen (secondary N) is 1. The number of carbonyl (C=O) groups excluding carboxylic acids is 1. The third kappa shape index (κ3) is 3.19. The number of methoxy groups -OCH3 is 2. The number of ether oxygens (including phenoxy) is 2. The van der Waals surface area contributed by atoms with Gasteiger partial charge in [-0.25, -0.2) is 0 Å². The summed E-state index contributed by atoms with van der Waals surface area (Å²) >= 11 is 0. The first-order valence-electron chi connectivity index (χ1n) is 7.80. The summed E-state index contributed by atoms with van der Waals surface area (Å²) in [5.74, 6) is 1.05. The number of benzene rings is 1. The van der Waals surface area contributed by atoms with Gasteiger partial charge in [0.25, 0.3) is 5.91 Å². The molecule has 2 heterocycles. The highest BCUT2D eigenvalue weighted by molar-refractivity contribution is 6.06. The molecule has 0 aliphatic carbocycles. The number of pyridine rings is 1. The molecule has 3 rings (SSSR count). The summed E-state index contributed by atoms with van der Waals surface area (Å²) in [7, 11) is 5.22. The van der Waals surface area contributed by atoms with Crippen molar-refractivity contribution in [2.75, 3.05) is 33.1 Å². The molecule has 1 N–H and O–H groups in total. The number of rotatable bonds is 4. The Morgan fingerprint density at radius 2 is 2.08 bits per heavy atom. The second-order valence-corrected chi connectivity index (χ2v) is 5.83. The number of fused-ring (bicyclic) bond motifs is 1. The van der Waals surface area contributed by atoms with Crippen LogP contribution < -0.4 is 14.8 Å². The third-order valence-electron chi connectivity index (χ3n) is 4.23. The lowest BCUT2D eigenvalue weighted by Gasteiger charge is -2.26. The molecule has 2 aromatic rings.